The van der Waals surface area contributed by atoms with Crippen LogP contribution in [0.25, 0.3) is 11.5 Å². The zero-order valence-electron chi connectivity index (χ0n) is 12.1. The van der Waals surface area contributed by atoms with Crippen molar-refractivity contribution >= 4 is 23.4 Å². The standard InChI is InChI=1S/C15H10F2N4O2S/c16-10-3-4-12(11(17)6-10)19-13(22)8-24-15-21-20-14(23-15)9-2-1-5-18-7-9/h1-7H,8H2,(H,19,22). The summed E-state index contributed by atoms with van der Waals surface area (Å²) < 4.78 is 31.7. The third kappa shape index (κ3) is 3.93. The average Bonchev–Trinajstić information content (AvgIpc) is 3.05. The molecule has 0 bridgehead atoms. The van der Waals surface area contributed by atoms with Gasteiger partial charge in [0.1, 0.15) is 11.6 Å². The van der Waals surface area contributed by atoms with E-state index in [1.54, 1.807) is 24.5 Å². The first-order valence-electron chi connectivity index (χ1n) is 6.73. The third-order valence-corrected chi connectivity index (χ3v) is 3.67. The van der Waals surface area contributed by atoms with E-state index in [9.17, 15) is 13.6 Å². The summed E-state index contributed by atoms with van der Waals surface area (Å²) in [6.45, 7) is 0. The molecule has 0 aliphatic heterocycles. The molecule has 1 aromatic carbocycles. The van der Waals surface area contributed by atoms with Crippen LogP contribution in [-0.2, 0) is 4.79 Å². The molecule has 0 aliphatic rings. The monoisotopic (exact) mass is 348 g/mol. The zero-order valence-corrected chi connectivity index (χ0v) is 12.9. The molecule has 0 atom stereocenters. The highest BCUT2D eigenvalue weighted by Crippen LogP contribution is 2.23. The van der Waals surface area contributed by atoms with E-state index < -0.39 is 17.5 Å². The largest absolute Gasteiger partial charge is 0.411 e. The second kappa shape index (κ2) is 7.18. The van der Waals surface area contributed by atoms with Crippen LogP contribution in [0.15, 0.2) is 52.4 Å². The van der Waals surface area contributed by atoms with Gasteiger partial charge in [0.15, 0.2) is 0 Å². The quantitative estimate of drug-likeness (QED) is 0.714. The highest BCUT2D eigenvalue weighted by Gasteiger charge is 2.12. The number of thioether (sulfide) groups is 1. The lowest BCUT2D eigenvalue weighted by atomic mass is 10.3. The van der Waals surface area contributed by atoms with Gasteiger partial charge < -0.3 is 9.73 Å². The summed E-state index contributed by atoms with van der Waals surface area (Å²) in [7, 11) is 0. The molecule has 0 fully saturated rings. The molecule has 1 N–H and O–H groups in total. The molecule has 0 saturated heterocycles. The van der Waals surface area contributed by atoms with E-state index in [4.69, 9.17) is 4.42 Å². The van der Waals surface area contributed by atoms with Gasteiger partial charge in [-0.05, 0) is 24.3 Å². The third-order valence-electron chi connectivity index (χ3n) is 2.85. The molecule has 0 spiro atoms. The molecule has 122 valence electrons. The van der Waals surface area contributed by atoms with Crippen molar-refractivity contribution in [1.82, 2.24) is 15.2 Å². The highest BCUT2D eigenvalue weighted by molar-refractivity contribution is 7.99. The van der Waals surface area contributed by atoms with Gasteiger partial charge in [-0.15, -0.1) is 10.2 Å². The average molecular weight is 348 g/mol. The van der Waals surface area contributed by atoms with Gasteiger partial charge in [0.05, 0.1) is 17.0 Å². The lowest BCUT2D eigenvalue weighted by Crippen LogP contribution is -2.15. The summed E-state index contributed by atoms with van der Waals surface area (Å²) >= 11 is 1.00. The Morgan fingerprint density at radius 2 is 2.12 bits per heavy atom. The van der Waals surface area contributed by atoms with Crippen molar-refractivity contribution in [2.45, 2.75) is 5.22 Å². The molecular formula is C15H10F2N4O2S. The number of amides is 1. The van der Waals surface area contributed by atoms with Crippen LogP contribution in [0, 0.1) is 11.6 Å². The first-order chi connectivity index (χ1) is 11.6. The minimum Gasteiger partial charge on any atom is -0.411 e. The van der Waals surface area contributed by atoms with Gasteiger partial charge in [0.2, 0.25) is 11.8 Å². The molecule has 3 aromatic rings. The maximum atomic E-state index is 13.5. The second-order valence-electron chi connectivity index (χ2n) is 4.58. The minimum absolute atomic E-state index is 0.0640. The number of benzene rings is 1. The molecule has 3 rings (SSSR count). The Balaban J connectivity index is 1.58. The molecule has 2 aromatic heterocycles. The van der Waals surface area contributed by atoms with Crippen LogP contribution in [0.3, 0.4) is 0 Å². The van der Waals surface area contributed by atoms with E-state index in [2.05, 4.69) is 20.5 Å². The Kier molecular flexibility index (Phi) is 4.80. The van der Waals surface area contributed by atoms with E-state index in [1.807, 2.05) is 0 Å². The maximum absolute atomic E-state index is 13.5. The number of hydrogen-bond acceptors (Lipinski definition) is 6. The molecule has 1 amide bonds. The van der Waals surface area contributed by atoms with E-state index in [0.29, 0.717) is 11.6 Å². The van der Waals surface area contributed by atoms with Crippen LogP contribution < -0.4 is 5.32 Å². The number of hydrogen-bond donors (Lipinski definition) is 1. The number of anilines is 1. The fourth-order valence-electron chi connectivity index (χ4n) is 1.78. The number of rotatable bonds is 5. The summed E-state index contributed by atoms with van der Waals surface area (Å²) in [5, 5.41) is 10.2. The van der Waals surface area contributed by atoms with Gasteiger partial charge in [0, 0.05) is 18.5 Å². The normalized spacial score (nSPS) is 10.6. The number of carbonyl (C=O) groups excluding carboxylic acids is 1. The van der Waals surface area contributed by atoms with Gasteiger partial charge in [-0.25, -0.2) is 8.78 Å². The van der Waals surface area contributed by atoms with Crippen LogP contribution in [0.1, 0.15) is 0 Å². The van der Waals surface area contributed by atoms with Crippen LogP contribution in [0.4, 0.5) is 14.5 Å². The van der Waals surface area contributed by atoms with E-state index in [1.165, 1.54) is 0 Å². The van der Waals surface area contributed by atoms with Crippen molar-refractivity contribution in [2.24, 2.45) is 0 Å². The Morgan fingerprint density at radius 3 is 2.88 bits per heavy atom. The lowest BCUT2D eigenvalue weighted by Gasteiger charge is -2.05. The molecule has 24 heavy (non-hydrogen) atoms. The SMILES string of the molecule is O=C(CSc1nnc(-c2cccnc2)o1)Nc1ccc(F)cc1F. The first-order valence-corrected chi connectivity index (χ1v) is 7.72. The molecule has 0 saturated carbocycles. The topological polar surface area (TPSA) is 80.9 Å². The molecule has 6 nitrogen and oxygen atoms in total. The lowest BCUT2D eigenvalue weighted by molar-refractivity contribution is -0.113. The minimum atomic E-state index is -0.843. The van der Waals surface area contributed by atoms with Crippen LogP contribution in [0.2, 0.25) is 0 Å². The number of halogens is 2. The maximum Gasteiger partial charge on any atom is 0.277 e. The smallest absolute Gasteiger partial charge is 0.277 e. The summed E-state index contributed by atoms with van der Waals surface area (Å²) in [4.78, 5) is 15.8. The van der Waals surface area contributed by atoms with E-state index in [0.717, 1.165) is 23.9 Å². The van der Waals surface area contributed by atoms with Crippen molar-refractivity contribution in [3.8, 4) is 11.5 Å². The fraction of sp³-hybridized carbons (Fsp3) is 0.0667. The first kappa shape index (κ1) is 16.1. The zero-order chi connectivity index (χ0) is 16.9. The van der Waals surface area contributed by atoms with Gasteiger partial charge in [-0.1, -0.05) is 11.8 Å². The van der Waals surface area contributed by atoms with Gasteiger partial charge in [0.25, 0.3) is 5.22 Å². The summed E-state index contributed by atoms with van der Waals surface area (Å²) in [5.74, 6) is -1.81. The van der Waals surface area contributed by atoms with Gasteiger partial charge in [-0.3, -0.25) is 9.78 Å². The van der Waals surface area contributed by atoms with Gasteiger partial charge >= 0.3 is 0 Å². The Hall–Kier alpha value is -2.81. The molecular weight excluding hydrogens is 338 g/mol. The predicted octanol–water partition coefficient (Wildman–Crippen LogP) is 3.14. The molecule has 0 radical (unpaired) electrons. The highest BCUT2D eigenvalue weighted by atomic mass is 32.2. The van der Waals surface area contributed by atoms with Crippen molar-refractivity contribution in [3.63, 3.8) is 0 Å². The van der Waals surface area contributed by atoms with Gasteiger partial charge in [-0.2, -0.15) is 0 Å². The summed E-state index contributed by atoms with van der Waals surface area (Å²) in [6.07, 6.45) is 3.19. The van der Waals surface area contributed by atoms with E-state index >= 15 is 0 Å². The molecule has 0 aliphatic carbocycles. The Bertz CT molecular complexity index is 858. The summed E-state index contributed by atoms with van der Waals surface area (Å²) in [5.41, 5.74) is 0.568. The Labute approximate surface area is 139 Å². The number of pyridine rings is 1. The fourth-order valence-corrected chi connectivity index (χ4v) is 2.34. The van der Waals surface area contributed by atoms with E-state index in [-0.39, 0.29) is 22.6 Å². The molecule has 9 heteroatoms. The predicted molar refractivity (Wildman–Crippen MR) is 83.2 cm³/mol. The number of carbonyl (C=O) groups is 1. The van der Waals surface area contributed by atoms with Crippen molar-refractivity contribution in [3.05, 3.63) is 54.4 Å². The number of aromatic nitrogens is 3. The van der Waals surface area contributed by atoms with Crippen molar-refractivity contribution < 1.29 is 18.0 Å². The number of nitrogens with zero attached hydrogens (tertiary/aromatic N) is 3. The van der Waals surface area contributed by atoms with Crippen LogP contribution in [-0.4, -0.2) is 26.8 Å². The summed E-state index contributed by atoms with van der Waals surface area (Å²) in [6, 6.07) is 6.40. The molecule has 2 heterocycles. The molecule has 0 unspecified atom stereocenters. The van der Waals surface area contributed by atoms with Crippen LogP contribution >= 0.6 is 11.8 Å². The van der Waals surface area contributed by atoms with Crippen molar-refractivity contribution in [1.29, 1.82) is 0 Å². The Morgan fingerprint density at radius 1 is 1.25 bits per heavy atom. The van der Waals surface area contributed by atoms with Crippen LogP contribution in [0.5, 0.6) is 0 Å². The number of nitrogens with one attached hydrogen (secondary N) is 1. The van der Waals surface area contributed by atoms with Crippen molar-refractivity contribution in [2.75, 3.05) is 11.1 Å². The second-order valence-corrected chi connectivity index (χ2v) is 5.50.